The van der Waals surface area contributed by atoms with Gasteiger partial charge in [0.15, 0.2) is 6.04 Å². The van der Waals surface area contributed by atoms with Crippen LogP contribution in [-0.2, 0) is 7.05 Å². The van der Waals surface area contributed by atoms with E-state index < -0.39 is 23.0 Å². The molecule has 0 bridgehead atoms. The first-order valence-electron chi connectivity index (χ1n) is 7.42. The maximum absolute atomic E-state index is 13.4. The number of carbonyl (C=O) groups is 1. The maximum atomic E-state index is 13.4. The van der Waals surface area contributed by atoms with Crippen LogP contribution in [0.15, 0.2) is 42.9 Å². The van der Waals surface area contributed by atoms with E-state index >= 15 is 0 Å². The monoisotopic (exact) mass is 366 g/mol. The van der Waals surface area contributed by atoms with Crippen molar-refractivity contribution in [1.29, 1.82) is 0 Å². The van der Waals surface area contributed by atoms with Crippen LogP contribution in [0.4, 0.5) is 18.9 Å². The van der Waals surface area contributed by atoms with E-state index in [1.807, 2.05) is 5.32 Å². The average molecular weight is 366 g/mol. The van der Waals surface area contributed by atoms with E-state index in [9.17, 15) is 28.1 Å². The Morgan fingerprint density at radius 3 is 2.65 bits per heavy atom. The summed E-state index contributed by atoms with van der Waals surface area (Å²) in [5.41, 5.74) is -0.0707. The number of rotatable bonds is 4. The number of hydrogen-bond donors (Lipinski definition) is 2. The Hall–Kier alpha value is -3.30. The van der Waals surface area contributed by atoms with Crippen molar-refractivity contribution in [3.05, 3.63) is 64.1 Å². The zero-order chi connectivity index (χ0) is 19.1. The van der Waals surface area contributed by atoms with Crippen molar-refractivity contribution in [3.8, 4) is 0 Å². The first-order chi connectivity index (χ1) is 12.2. The fourth-order valence-electron chi connectivity index (χ4n) is 2.67. The highest BCUT2D eigenvalue weighted by Crippen LogP contribution is 2.33. The normalized spacial score (nSPS) is 12.9. The minimum Gasteiger partial charge on any atom is -0.360 e. The van der Waals surface area contributed by atoms with Gasteiger partial charge in [0.1, 0.15) is 0 Å². The number of aromatic nitrogens is 2. The molecule has 26 heavy (non-hydrogen) atoms. The fraction of sp³-hybridized carbons (Fsp3) is 0.188. The van der Waals surface area contributed by atoms with Crippen LogP contribution in [0.1, 0.15) is 22.0 Å². The van der Waals surface area contributed by atoms with E-state index in [-0.39, 0.29) is 22.2 Å². The Balaban J connectivity index is 1.96. The summed E-state index contributed by atoms with van der Waals surface area (Å²) in [6.07, 6.45) is -0.773. The molecule has 0 unspecified atom stereocenters. The number of nitro groups is 1. The molecule has 1 amide bonds. The number of aryl methyl sites for hydroxylation is 1. The molecule has 7 nitrogen and oxygen atoms in total. The molecule has 0 aliphatic heterocycles. The van der Waals surface area contributed by atoms with Crippen LogP contribution in [-0.4, -0.2) is 26.6 Å². The van der Waals surface area contributed by atoms with Gasteiger partial charge in [-0.3, -0.25) is 14.9 Å². The van der Waals surface area contributed by atoms with Crippen molar-refractivity contribution in [2.45, 2.75) is 12.2 Å². The summed E-state index contributed by atoms with van der Waals surface area (Å²) in [6, 6.07) is 2.84. The minimum absolute atomic E-state index is 0.103. The van der Waals surface area contributed by atoms with Crippen LogP contribution >= 0.6 is 0 Å². The first kappa shape index (κ1) is 17.5. The number of nitro benzene ring substituents is 1. The Bertz CT molecular complexity index is 990. The molecule has 0 saturated carbocycles. The molecule has 2 aromatic heterocycles. The molecule has 0 aliphatic rings. The number of halogens is 3. The Labute approximate surface area is 144 Å². The van der Waals surface area contributed by atoms with E-state index in [1.165, 1.54) is 41.4 Å². The van der Waals surface area contributed by atoms with Crippen LogP contribution < -0.4 is 5.32 Å². The quantitative estimate of drug-likeness (QED) is 0.547. The van der Waals surface area contributed by atoms with E-state index in [2.05, 4.69) is 4.98 Å². The highest BCUT2D eigenvalue weighted by atomic mass is 19.4. The van der Waals surface area contributed by atoms with E-state index in [4.69, 9.17) is 0 Å². The summed E-state index contributed by atoms with van der Waals surface area (Å²) in [6.45, 7) is 0. The number of alkyl halides is 3. The van der Waals surface area contributed by atoms with E-state index in [1.54, 1.807) is 7.05 Å². The number of hydrogen-bond acceptors (Lipinski definition) is 3. The molecule has 3 aromatic rings. The topological polar surface area (TPSA) is 93.0 Å². The van der Waals surface area contributed by atoms with Gasteiger partial charge in [-0.25, -0.2) is 0 Å². The van der Waals surface area contributed by atoms with Crippen molar-refractivity contribution in [2.24, 2.45) is 7.05 Å². The van der Waals surface area contributed by atoms with Gasteiger partial charge < -0.3 is 14.9 Å². The standard InChI is InChI=1S/C16H13F3N4O3/c1-22-5-4-9(8-22)14(16(17,18)19)21-15(24)12-7-20-13-3-2-10(23(25)26)6-11(12)13/h2-8,14,20H,1H3,(H,21,24)/t14-/m0/s1. The van der Waals surface area contributed by atoms with Crippen molar-refractivity contribution >= 4 is 22.5 Å². The summed E-state index contributed by atoms with van der Waals surface area (Å²) in [5.74, 6) is -0.983. The molecule has 136 valence electrons. The Morgan fingerprint density at radius 1 is 1.35 bits per heavy atom. The Morgan fingerprint density at radius 2 is 2.08 bits per heavy atom. The number of carbonyl (C=O) groups excluding carboxylic acids is 1. The molecule has 3 rings (SSSR count). The number of benzene rings is 1. The zero-order valence-corrected chi connectivity index (χ0v) is 13.4. The Kier molecular flexibility index (Phi) is 4.18. The summed E-state index contributed by atoms with van der Waals surface area (Å²) in [5, 5.41) is 13.0. The number of nitrogens with zero attached hydrogens (tertiary/aromatic N) is 2. The molecule has 0 fully saturated rings. The van der Waals surface area contributed by atoms with Gasteiger partial charge in [0, 0.05) is 54.2 Å². The maximum Gasteiger partial charge on any atom is 0.412 e. The molecule has 2 N–H and O–H groups in total. The van der Waals surface area contributed by atoms with E-state index in [0.29, 0.717) is 5.52 Å². The lowest BCUT2D eigenvalue weighted by Gasteiger charge is -2.20. The SMILES string of the molecule is Cn1ccc([C@H](NC(=O)c2c[nH]c3ccc([N+](=O)[O-])cc23)C(F)(F)F)c1. The van der Waals surface area contributed by atoms with Crippen LogP contribution in [0.2, 0.25) is 0 Å². The lowest BCUT2D eigenvalue weighted by molar-refractivity contribution is -0.384. The molecule has 1 atom stereocenters. The molecule has 0 spiro atoms. The lowest BCUT2D eigenvalue weighted by atomic mass is 10.1. The van der Waals surface area contributed by atoms with Crippen molar-refractivity contribution in [3.63, 3.8) is 0 Å². The minimum atomic E-state index is -4.70. The number of amides is 1. The third kappa shape index (κ3) is 3.25. The lowest BCUT2D eigenvalue weighted by Crippen LogP contribution is -2.37. The van der Waals surface area contributed by atoms with Crippen molar-refractivity contribution in [1.82, 2.24) is 14.9 Å². The van der Waals surface area contributed by atoms with Gasteiger partial charge in [0.25, 0.3) is 11.6 Å². The predicted octanol–water partition coefficient (Wildman–Crippen LogP) is 3.45. The summed E-state index contributed by atoms with van der Waals surface area (Å²) < 4.78 is 41.6. The van der Waals surface area contributed by atoms with Gasteiger partial charge in [0.05, 0.1) is 10.5 Å². The average Bonchev–Trinajstić information content (AvgIpc) is 3.16. The zero-order valence-electron chi connectivity index (χ0n) is 13.4. The highest BCUT2D eigenvalue weighted by molar-refractivity contribution is 6.07. The molecular weight excluding hydrogens is 353 g/mol. The van der Waals surface area contributed by atoms with Crippen LogP contribution in [0.3, 0.4) is 0 Å². The smallest absolute Gasteiger partial charge is 0.360 e. The van der Waals surface area contributed by atoms with Crippen molar-refractivity contribution < 1.29 is 22.9 Å². The molecule has 1 aromatic carbocycles. The predicted molar refractivity (Wildman–Crippen MR) is 86.6 cm³/mol. The van der Waals surface area contributed by atoms with Crippen LogP contribution in [0.25, 0.3) is 10.9 Å². The molecular formula is C16H13F3N4O3. The largest absolute Gasteiger partial charge is 0.412 e. The summed E-state index contributed by atoms with van der Waals surface area (Å²) >= 11 is 0. The fourth-order valence-corrected chi connectivity index (χ4v) is 2.67. The summed E-state index contributed by atoms with van der Waals surface area (Å²) in [7, 11) is 1.57. The van der Waals surface area contributed by atoms with Crippen LogP contribution in [0, 0.1) is 10.1 Å². The second-order valence-corrected chi connectivity index (χ2v) is 5.75. The molecule has 0 radical (unpaired) electrons. The summed E-state index contributed by atoms with van der Waals surface area (Å²) in [4.78, 5) is 25.4. The second kappa shape index (κ2) is 6.21. The number of non-ortho nitro benzene ring substituents is 1. The molecule has 0 saturated heterocycles. The third-order valence-electron chi connectivity index (χ3n) is 3.91. The molecule has 10 heteroatoms. The second-order valence-electron chi connectivity index (χ2n) is 5.75. The van der Waals surface area contributed by atoms with Gasteiger partial charge in [-0.15, -0.1) is 0 Å². The highest BCUT2D eigenvalue weighted by Gasteiger charge is 2.42. The number of fused-ring (bicyclic) bond motifs is 1. The number of H-pyrrole nitrogens is 1. The van der Waals surface area contributed by atoms with Gasteiger partial charge >= 0.3 is 6.18 Å². The first-order valence-corrected chi connectivity index (χ1v) is 7.42. The van der Waals surface area contributed by atoms with Crippen molar-refractivity contribution in [2.75, 3.05) is 0 Å². The molecule has 0 aliphatic carbocycles. The molecule has 2 heterocycles. The van der Waals surface area contributed by atoms with Gasteiger partial charge in [0.2, 0.25) is 0 Å². The number of aromatic amines is 1. The van der Waals surface area contributed by atoms with Crippen LogP contribution in [0.5, 0.6) is 0 Å². The van der Waals surface area contributed by atoms with E-state index in [0.717, 1.165) is 6.07 Å². The van der Waals surface area contributed by atoms with Gasteiger partial charge in [-0.05, 0) is 12.1 Å². The number of nitrogens with one attached hydrogen (secondary N) is 2. The van der Waals surface area contributed by atoms with Gasteiger partial charge in [-0.2, -0.15) is 13.2 Å². The van der Waals surface area contributed by atoms with Gasteiger partial charge in [-0.1, -0.05) is 0 Å². The third-order valence-corrected chi connectivity index (χ3v) is 3.91.